The molecule has 16 heavy (non-hydrogen) atoms. The average Bonchev–Trinajstić information content (AvgIpc) is 2.23. The Balaban J connectivity index is 2.53. The Morgan fingerprint density at radius 2 is 2.00 bits per heavy atom. The summed E-state index contributed by atoms with van der Waals surface area (Å²) in [5.74, 6) is 0.556. The maximum absolute atomic E-state index is 12.0. The first-order valence-electron chi connectivity index (χ1n) is 4.97. The minimum Gasteiger partial charge on any atom is -0.376 e. The topological polar surface area (TPSA) is 12.0 Å². The van der Waals surface area contributed by atoms with Gasteiger partial charge in [0, 0.05) is 11.6 Å². The predicted octanol–water partition coefficient (Wildman–Crippen LogP) is 3.83. The van der Waals surface area contributed by atoms with Gasteiger partial charge in [-0.1, -0.05) is 12.1 Å². The van der Waals surface area contributed by atoms with Crippen LogP contribution in [0.2, 0.25) is 0 Å². The fraction of sp³-hybridized carbons (Fsp3) is 0.455. The molecule has 0 unspecified atom stereocenters. The monoisotopic (exact) mass is 251 g/mol. The lowest BCUT2D eigenvalue weighted by Crippen LogP contribution is -2.21. The quantitative estimate of drug-likeness (QED) is 0.785. The molecule has 1 aromatic rings. The van der Waals surface area contributed by atoms with Crippen LogP contribution < -0.4 is 5.32 Å². The van der Waals surface area contributed by atoms with Crippen molar-refractivity contribution < 1.29 is 13.2 Å². The van der Waals surface area contributed by atoms with Crippen molar-refractivity contribution in [1.29, 1.82) is 0 Å². The molecule has 0 saturated heterocycles. The molecule has 0 aliphatic heterocycles. The zero-order valence-corrected chi connectivity index (χ0v) is 9.41. The molecule has 1 rings (SSSR count). The second kappa shape index (κ2) is 5.99. The van der Waals surface area contributed by atoms with E-state index in [2.05, 4.69) is 5.32 Å². The summed E-state index contributed by atoms with van der Waals surface area (Å²) in [4.78, 5) is 0. The summed E-state index contributed by atoms with van der Waals surface area (Å²) in [7, 11) is 0. The highest BCUT2D eigenvalue weighted by atomic mass is 35.5. The summed E-state index contributed by atoms with van der Waals surface area (Å²) in [6, 6.07) is 6.96. The Morgan fingerprint density at radius 1 is 1.25 bits per heavy atom. The number of halogens is 4. The minimum atomic E-state index is -4.19. The fourth-order valence-corrected chi connectivity index (χ4v) is 1.44. The summed E-state index contributed by atoms with van der Waals surface area (Å²) in [5.41, 5.74) is 1.48. The first-order valence-corrected chi connectivity index (χ1v) is 5.50. The molecular formula is C11H13ClF3N. The predicted molar refractivity (Wildman–Crippen MR) is 60.0 cm³/mol. The summed E-state index contributed by atoms with van der Waals surface area (Å²) >= 11 is 5.55. The summed E-state index contributed by atoms with van der Waals surface area (Å²) in [5, 5.41) is 2.34. The van der Waals surface area contributed by atoms with Crippen molar-refractivity contribution in [3.8, 4) is 0 Å². The van der Waals surface area contributed by atoms with Gasteiger partial charge in [-0.15, -0.1) is 11.6 Å². The van der Waals surface area contributed by atoms with E-state index in [4.69, 9.17) is 11.6 Å². The third-order valence-electron chi connectivity index (χ3n) is 2.02. The molecule has 0 radical (unpaired) electrons. The standard InChI is InChI=1S/C11H13ClF3N/c12-6-2-4-9-3-1-5-10(7-9)16-8-11(13,14)15/h1,3,5,7,16H,2,4,6,8H2. The lowest BCUT2D eigenvalue weighted by Gasteiger charge is -2.10. The van der Waals surface area contributed by atoms with Gasteiger partial charge in [-0.05, 0) is 30.5 Å². The molecule has 0 bridgehead atoms. The molecule has 0 saturated carbocycles. The van der Waals surface area contributed by atoms with Gasteiger partial charge in [0.25, 0.3) is 0 Å². The van der Waals surface area contributed by atoms with Gasteiger partial charge < -0.3 is 5.32 Å². The van der Waals surface area contributed by atoms with E-state index in [0.29, 0.717) is 11.6 Å². The molecule has 0 aliphatic carbocycles. The first kappa shape index (κ1) is 13.2. The number of rotatable bonds is 5. The average molecular weight is 252 g/mol. The Kier molecular flexibility index (Phi) is 4.93. The van der Waals surface area contributed by atoms with Gasteiger partial charge in [0.05, 0.1) is 0 Å². The molecule has 0 aromatic heterocycles. The molecule has 1 nitrogen and oxygen atoms in total. The number of anilines is 1. The smallest absolute Gasteiger partial charge is 0.376 e. The minimum absolute atomic E-state index is 0.490. The normalized spacial score (nSPS) is 11.5. The van der Waals surface area contributed by atoms with Gasteiger partial charge in [0.2, 0.25) is 0 Å². The Bertz CT molecular complexity index is 325. The van der Waals surface area contributed by atoms with E-state index >= 15 is 0 Å². The van der Waals surface area contributed by atoms with Crippen molar-refractivity contribution in [1.82, 2.24) is 0 Å². The van der Waals surface area contributed by atoms with E-state index in [1.807, 2.05) is 6.07 Å². The van der Waals surface area contributed by atoms with E-state index in [0.717, 1.165) is 18.4 Å². The van der Waals surface area contributed by atoms with E-state index < -0.39 is 12.7 Å². The maximum atomic E-state index is 12.0. The van der Waals surface area contributed by atoms with E-state index in [9.17, 15) is 13.2 Å². The fourth-order valence-electron chi connectivity index (χ4n) is 1.31. The summed E-state index contributed by atoms with van der Waals surface area (Å²) in [6.45, 7) is -1.01. The molecule has 0 fully saturated rings. The van der Waals surface area contributed by atoms with Crippen LogP contribution in [0.1, 0.15) is 12.0 Å². The van der Waals surface area contributed by atoms with Crippen LogP contribution in [-0.2, 0) is 6.42 Å². The zero-order chi connectivity index (χ0) is 12.0. The lowest BCUT2D eigenvalue weighted by molar-refractivity contribution is -0.115. The number of aryl methyl sites for hydroxylation is 1. The van der Waals surface area contributed by atoms with E-state index in [1.165, 1.54) is 0 Å². The maximum Gasteiger partial charge on any atom is 0.405 e. The Labute approximate surface area is 97.6 Å². The number of nitrogens with one attached hydrogen (secondary N) is 1. The first-order chi connectivity index (χ1) is 7.51. The molecular weight excluding hydrogens is 239 g/mol. The number of benzene rings is 1. The highest BCUT2D eigenvalue weighted by Crippen LogP contribution is 2.17. The largest absolute Gasteiger partial charge is 0.405 e. The summed E-state index contributed by atoms with van der Waals surface area (Å²) < 4.78 is 35.9. The van der Waals surface area contributed by atoms with Crippen LogP contribution in [0.25, 0.3) is 0 Å². The van der Waals surface area contributed by atoms with Gasteiger partial charge >= 0.3 is 6.18 Å². The zero-order valence-electron chi connectivity index (χ0n) is 8.65. The van der Waals surface area contributed by atoms with Crippen LogP contribution in [-0.4, -0.2) is 18.6 Å². The number of alkyl halides is 4. The van der Waals surface area contributed by atoms with Crippen LogP contribution >= 0.6 is 11.6 Å². The molecule has 0 spiro atoms. The van der Waals surface area contributed by atoms with Crippen molar-refractivity contribution >= 4 is 17.3 Å². The summed E-state index contributed by atoms with van der Waals surface area (Å²) in [6.07, 6.45) is -2.58. The van der Waals surface area contributed by atoms with Crippen LogP contribution in [0.5, 0.6) is 0 Å². The van der Waals surface area contributed by atoms with Gasteiger partial charge in [-0.2, -0.15) is 13.2 Å². The highest BCUT2D eigenvalue weighted by Gasteiger charge is 2.26. The lowest BCUT2D eigenvalue weighted by atomic mass is 10.1. The molecule has 0 heterocycles. The van der Waals surface area contributed by atoms with Crippen LogP contribution in [0, 0.1) is 0 Å². The van der Waals surface area contributed by atoms with Crippen molar-refractivity contribution in [2.75, 3.05) is 17.7 Å². The van der Waals surface area contributed by atoms with Crippen molar-refractivity contribution in [2.45, 2.75) is 19.0 Å². The molecule has 0 aliphatic rings. The number of hydrogen-bond acceptors (Lipinski definition) is 1. The van der Waals surface area contributed by atoms with Gasteiger partial charge in [0.1, 0.15) is 6.54 Å². The van der Waals surface area contributed by atoms with Gasteiger partial charge in [-0.25, -0.2) is 0 Å². The SMILES string of the molecule is FC(F)(F)CNc1cccc(CCCCl)c1. The van der Waals surface area contributed by atoms with Gasteiger partial charge in [-0.3, -0.25) is 0 Å². The van der Waals surface area contributed by atoms with Crippen LogP contribution in [0.4, 0.5) is 18.9 Å². The van der Waals surface area contributed by atoms with E-state index in [-0.39, 0.29) is 0 Å². The van der Waals surface area contributed by atoms with E-state index in [1.54, 1.807) is 18.2 Å². The molecule has 5 heteroatoms. The molecule has 0 atom stereocenters. The number of hydrogen-bond donors (Lipinski definition) is 1. The third-order valence-corrected chi connectivity index (χ3v) is 2.29. The van der Waals surface area contributed by atoms with Crippen LogP contribution in [0.15, 0.2) is 24.3 Å². The molecule has 1 aromatic carbocycles. The second-order valence-corrected chi connectivity index (χ2v) is 3.84. The van der Waals surface area contributed by atoms with Gasteiger partial charge in [0.15, 0.2) is 0 Å². The Hall–Kier alpha value is -0.900. The van der Waals surface area contributed by atoms with Crippen molar-refractivity contribution in [2.24, 2.45) is 0 Å². The Morgan fingerprint density at radius 3 is 2.62 bits per heavy atom. The van der Waals surface area contributed by atoms with Crippen LogP contribution in [0.3, 0.4) is 0 Å². The molecule has 90 valence electrons. The molecule has 1 N–H and O–H groups in total. The second-order valence-electron chi connectivity index (χ2n) is 3.46. The van der Waals surface area contributed by atoms with Crippen molar-refractivity contribution in [3.63, 3.8) is 0 Å². The third kappa shape index (κ3) is 5.26. The molecule has 0 amide bonds. The van der Waals surface area contributed by atoms with Crippen molar-refractivity contribution in [3.05, 3.63) is 29.8 Å². The highest BCUT2D eigenvalue weighted by molar-refractivity contribution is 6.17.